The van der Waals surface area contributed by atoms with Crippen LogP contribution in [0.5, 0.6) is 5.75 Å². The first kappa shape index (κ1) is 26.0. The van der Waals surface area contributed by atoms with Crippen molar-refractivity contribution in [3.63, 3.8) is 0 Å². The number of hydrogen-bond donors (Lipinski definition) is 1. The first-order valence-corrected chi connectivity index (χ1v) is 12.1. The highest BCUT2D eigenvalue weighted by atomic mass is 16.5. The van der Waals surface area contributed by atoms with E-state index in [1.165, 1.54) is 0 Å². The molecule has 0 saturated heterocycles. The van der Waals surface area contributed by atoms with E-state index in [1.54, 1.807) is 4.90 Å². The number of amides is 2. The second kappa shape index (κ2) is 12.2. The van der Waals surface area contributed by atoms with Crippen LogP contribution in [0.3, 0.4) is 0 Å². The summed E-state index contributed by atoms with van der Waals surface area (Å²) in [4.78, 5) is 28.7. The Morgan fingerprint density at radius 2 is 1.54 bits per heavy atom. The Hall–Kier alpha value is -3.60. The number of ether oxygens (including phenoxy) is 1. The molecule has 0 aliphatic heterocycles. The summed E-state index contributed by atoms with van der Waals surface area (Å²) >= 11 is 0. The van der Waals surface area contributed by atoms with E-state index in [1.807, 2.05) is 107 Å². The average molecular weight is 473 g/mol. The van der Waals surface area contributed by atoms with Crippen molar-refractivity contribution in [2.24, 2.45) is 0 Å². The van der Waals surface area contributed by atoms with Gasteiger partial charge in [-0.3, -0.25) is 9.59 Å². The molecule has 0 aromatic heterocycles. The third-order valence-corrected chi connectivity index (χ3v) is 5.83. The quantitative estimate of drug-likeness (QED) is 0.444. The van der Waals surface area contributed by atoms with Gasteiger partial charge in [-0.05, 0) is 62.9 Å². The van der Waals surface area contributed by atoms with E-state index in [0.717, 1.165) is 27.8 Å². The second-order valence-corrected chi connectivity index (χ2v) is 9.44. The minimum Gasteiger partial charge on any atom is -0.483 e. The average Bonchev–Trinajstić information content (AvgIpc) is 2.82. The van der Waals surface area contributed by atoms with Gasteiger partial charge in [0, 0.05) is 19.0 Å². The molecule has 5 heteroatoms. The monoisotopic (exact) mass is 472 g/mol. The van der Waals surface area contributed by atoms with Crippen molar-refractivity contribution in [3.05, 3.63) is 101 Å². The molecule has 0 saturated carbocycles. The molecule has 0 bridgehead atoms. The third-order valence-electron chi connectivity index (χ3n) is 5.83. The molecule has 3 rings (SSSR count). The van der Waals surface area contributed by atoms with Crippen molar-refractivity contribution in [1.29, 1.82) is 0 Å². The van der Waals surface area contributed by atoms with Crippen LogP contribution in [0, 0.1) is 20.8 Å². The van der Waals surface area contributed by atoms with Crippen LogP contribution in [0.4, 0.5) is 0 Å². The van der Waals surface area contributed by atoms with Gasteiger partial charge in [-0.2, -0.15) is 0 Å². The summed E-state index contributed by atoms with van der Waals surface area (Å²) in [6.45, 7) is 9.99. The van der Waals surface area contributed by atoms with Gasteiger partial charge in [-0.15, -0.1) is 0 Å². The number of hydrogen-bond acceptors (Lipinski definition) is 3. The van der Waals surface area contributed by atoms with Crippen molar-refractivity contribution < 1.29 is 14.3 Å². The van der Waals surface area contributed by atoms with E-state index in [4.69, 9.17) is 4.74 Å². The SMILES string of the molecule is Cc1cccc(CN(C(=O)COc2cc(C)ccc2C)[C@H](Cc2ccccc2)C(=O)NC(C)C)c1. The molecule has 0 unspecified atom stereocenters. The predicted molar refractivity (Wildman–Crippen MR) is 140 cm³/mol. The van der Waals surface area contributed by atoms with E-state index in [9.17, 15) is 9.59 Å². The smallest absolute Gasteiger partial charge is 0.261 e. The molecule has 1 atom stereocenters. The fourth-order valence-electron chi connectivity index (χ4n) is 4.03. The van der Waals surface area contributed by atoms with E-state index >= 15 is 0 Å². The first-order valence-electron chi connectivity index (χ1n) is 12.1. The van der Waals surface area contributed by atoms with Crippen molar-refractivity contribution in [2.75, 3.05) is 6.61 Å². The lowest BCUT2D eigenvalue weighted by Crippen LogP contribution is -2.52. The molecule has 35 heavy (non-hydrogen) atoms. The van der Waals surface area contributed by atoms with Crippen LogP contribution in [0.1, 0.15) is 41.7 Å². The Bertz CT molecular complexity index is 1140. The van der Waals surface area contributed by atoms with Crippen molar-refractivity contribution in [1.82, 2.24) is 10.2 Å². The molecule has 0 fully saturated rings. The summed E-state index contributed by atoms with van der Waals surface area (Å²) in [5.41, 5.74) is 5.10. The highest BCUT2D eigenvalue weighted by Gasteiger charge is 2.31. The Kier molecular flexibility index (Phi) is 9.07. The molecule has 0 heterocycles. The van der Waals surface area contributed by atoms with Crippen LogP contribution >= 0.6 is 0 Å². The van der Waals surface area contributed by atoms with E-state index < -0.39 is 6.04 Å². The fraction of sp³-hybridized carbons (Fsp3) is 0.333. The Morgan fingerprint density at radius 1 is 0.857 bits per heavy atom. The maximum Gasteiger partial charge on any atom is 0.261 e. The molecule has 0 aliphatic rings. The number of benzene rings is 3. The number of rotatable bonds is 10. The van der Waals surface area contributed by atoms with Gasteiger partial charge in [0.25, 0.3) is 5.91 Å². The summed E-state index contributed by atoms with van der Waals surface area (Å²) in [5.74, 6) is 0.281. The van der Waals surface area contributed by atoms with Crippen LogP contribution in [0.25, 0.3) is 0 Å². The van der Waals surface area contributed by atoms with Crippen LogP contribution in [0.15, 0.2) is 72.8 Å². The zero-order chi connectivity index (χ0) is 25.4. The minimum absolute atomic E-state index is 0.0390. The van der Waals surface area contributed by atoms with Crippen molar-refractivity contribution in [2.45, 2.75) is 59.7 Å². The molecule has 1 N–H and O–H groups in total. The zero-order valence-corrected chi connectivity index (χ0v) is 21.4. The Labute approximate surface area is 209 Å². The van der Waals surface area contributed by atoms with Gasteiger partial charge in [0.15, 0.2) is 6.61 Å². The summed E-state index contributed by atoms with van der Waals surface area (Å²) < 4.78 is 5.96. The fourth-order valence-corrected chi connectivity index (χ4v) is 4.03. The predicted octanol–water partition coefficient (Wildman–Crippen LogP) is 5.16. The lowest BCUT2D eigenvalue weighted by atomic mass is 10.0. The molecule has 3 aromatic carbocycles. The van der Waals surface area contributed by atoms with Crippen molar-refractivity contribution >= 4 is 11.8 Å². The maximum atomic E-state index is 13.6. The molecular formula is C30H36N2O3. The van der Waals surface area contributed by atoms with Gasteiger partial charge in [0.05, 0.1) is 0 Å². The summed E-state index contributed by atoms with van der Waals surface area (Å²) in [7, 11) is 0. The lowest BCUT2D eigenvalue weighted by molar-refractivity contribution is -0.143. The summed E-state index contributed by atoms with van der Waals surface area (Å²) in [6, 6.07) is 23.0. The van der Waals surface area contributed by atoms with Crippen LogP contribution in [0.2, 0.25) is 0 Å². The highest BCUT2D eigenvalue weighted by Crippen LogP contribution is 2.20. The van der Waals surface area contributed by atoms with Gasteiger partial charge >= 0.3 is 0 Å². The van der Waals surface area contributed by atoms with E-state index in [2.05, 4.69) is 5.32 Å². The van der Waals surface area contributed by atoms with Gasteiger partial charge in [-0.1, -0.05) is 72.3 Å². The zero-order valence-electron chi connectivity index (χ0n) is 21.4. The van der Waals surface area contributed by atoms with E-state index in [-0.39, 0.29) is 24.5 Å². The van der Waals surface area contributed by atoms with Gasteiger partial charge in [0.2, 0.25) is 5.91 Å². The van der Waals surface area contributed by atoms with Crippen LogP contribution < -0.4 is 10.1 Å². The molecule has 0 radical (unpaired) electrons. The van der Waals surface area contributed by atoms with Crippen molar-refractivity contribution in [3.8, 4) is 5.75 Å². The molecule has 184 valence electrons. The minimum atomic E-state index is -0.671. The highest BCUT2D eigenvalue weighted by molar-refractivity contribution is 5.88. The molecule has 0 aliphatic carbocycles. The van der Waals surface area contributed by atoms with Crippen LogP contribution in [-0.2, 0) is 22.6 Å². The largest absolute Gasteiger partial charge is 0.483 e. The van der Waals surface area contributed by atoms with Gasteiger partial charge < -0.3 is 15.0 Å². The maximum absolute atomic E-state index is 13.6. The Morgan fingerprint density at radius 3 is 2.23 bits per heavy atom. The molecule has 3 aromatic rings. The summed E-state index contributed by atoms with van der Waals surface area (Å²) in [6.07, 6.45) is 0.417. The molecule has 2 amide bonds. The molecule has 0 spiro atoms. The van der Waals surface area contributed by atoms with Gasteiger partial charge in [0.1, 0.15) is 11.8 Å². The standard InChI is InChI=1S/C30H36N2O3/c1-21(2)31-30(34)27(18-25-11-7-6-8-12-25)32(19-26-13-9-10-22(3)16-26)29(33)20-35-28-17-23(4)14-15-24(28)5/h6-17,21,27H,18-20H2,1-5H3,(H,31,34)/t27-/m1/s1. The number of nitrogens with one attached hydrogen (secondary N) is 1. The number of carbonyl (C=O) groups is 2. The normalized spacial score (nSPS) is 11.7. The Balaban J connectivity index is 1.92. The van der Waals surface area contributed by atoms with E-state index in [0.29, 0.717) is 18.7 Å². The van der Waals surface area contributed by atoms with Gasteiger partial charge in [-0.25, -0.2) is 0 Å². The number of nitrogens with zero attached hydrogens (tertiary/aromatic N) is 1. The first-order chi connectivity index (χ1) is 16.7. The lowest BCUT2D eigenvalue weighted by Gasteiger charge is -2.32. The number of aryl methyl sites for hydroxylation is 3. The molecular weight excluding hydrogens is 436 g/mol. The van der Waals surface area contributed by atoms with Crippen LogP contribution in [-0.4, -0.2) is 35.4 Å². The summed E-state index contributed by atoms with van der Waals surface area (Å²) in [5, 5.41) is 3.01. The molecule has 5 nitrogen and oxygen atoms in total. The number of carbonyl (C=O) groups excluding carboxylic acids is 2. The second-order valence-electron chi connectivity index (χ2n) is 9.44. The topological polar surface area (TPSA) is 58.6 Å². The third kappa shape index (κ3) is 7.71.